The van der Waals surface area contributed by atoms with Gasteiger partial charge in [0.1, 0.15) is 18.6 Å². The van der Waals surface area contributed by atoms with E-state index in [-0.39, 0.29) is 0 Å². The predicted octanol–water partition coefficient (Wildman–Crippen LogP) is 1.29. The summed E-state index contributed by atoms with van der Waals surface area (Å²) >= 11 is 0. The van der Waals surface area contributed by atoms with E-state index in [1.54, 1.807) is 6.20 Å². The minimum atomic E-state index is 0.658. The number of rotatable bonds is 0. The molecule has 0 saturated heterocycles. The third kappa shape index (κ3) is 0.778. The maximum Gasteiger partial charge on any atom is 0.130 e. The highest BCUT2D eigenvalue weighted by atomic mass is 16.5. The van der Waals surface area contributed by atoms with Gasteiger partial charge in [0, 0.05) is 11.8 Å². The van der Waals surface area contributed by atoms with Crippen LogP contribution in [-0.4, -0.2) is 11.6 Å². The lowest BCUT2D eigenvalue weighted by atomic mass is 10.2. The molecule has 0 bridgehead atoms. The molecule has 0 aliphatic carbocycles. The van der Waals surface area contributed by atoms with Crippen LogP contribution in [0.15, 0.2) is 18.3 Å². The van der Waals surface area contributed by atoms with E-state index in [0.717, 1.165) is 11.3 Å². The molecule has 1 aromatic rings. The van der Waals surface area contributed by atoms with Crippen LogP contribution in [0.4, 0.5) is 0 Å². The first-order valence-corrected chi connectivity index (χ1v) is 3.13. The first kappa shape index (κ1) is 5.47. The second-order valence-electron chi connectivity index (χ2n) is 2.05. The quantitative estimate of drug-likeness (QED) is 0.530. The summed E-state index contributed by atoms with van der Waals surface area (Å²) in [6, 6.07) is 1.84. The first-order valence-electron chi connectivity index (χ1n) is 3.13. The molecule has 2 heterocycles. The summed E-state index contributed by atoms with van der Waals surface area (Å²) in [6.45, 7) is 0.658. The highest BCUT2D eigenvalue weighted by Crippen LogP contribution is 2.20. The minimum Gasteiger partial charge on any atom is -0.489 e. The Hall–Kier alpha value is -1.31. The van der Waals surface area contributed by atoms with E-state index in [4.69, 9.17) is 4.74 Å². The number of fused-ring (bicyclic) bond motifs is 1. The smallest absolute Gasteiger partial charge is 0.130 e. The van der Waals surface area contributed by atoms with E-state index in [2.05, 4.69) is 11.2 Å². The molecule has 0 spiro atoms. The third-order valence-corrected chi connectivity index (χ3v) is 1.37. The largest absolute Gasteiger partial charge is 0.489 e. The summed E-state index contributed by atoms with van der Waals surface area (Å²) in [6.07, 6.45) is 8.41. The molecule has 0 aromatic carbocycles. The van der Waals surface area contributed by atoms with Crippen molar-refractivity contribution < 1.29 is 4.74 Å². The summed E-state index contributed by atoms with van der Waals surface area (Å²) in [5.74, 6) is 0.873. The van der Waals surface area contributed by atoms with Gasteiger partial charge in [0.2, 0.25) is 0 Å². The molecule has 0 unspecified atom stereocenters. The van der Waals surface area contributed by atoms with Gasteiger partial charge in [-0.25, -0.2) is 0 Å². The van der Waals surface area contributed by atoms with Crippen molar-refractivity contribution in [1.82, 2.24) is 4.98 Å². The maximum atomic E-state index is 5.27. The van der Waals surface area contributed by atoms with Crippen LogP contribution in [-0.2, 0) is 0 Å². The second-order valence-corrected chi connectivity index (χ2v) is 2.05. The zero-order chi connectivity index (χ0) is 6.81. The zero-order valence-corrected chi connectivity index (χ0v) is 5.37. The molecule has 2 rings (SSSR count). The monoisotopic (exact) mass is 132 g/mol. The topological polar surface area (TPSA) is 22.1 Å². The molecule has 1 aromatic heterocycles. The second kappa shape index (κ2) is 2.14. The first-order chi connectivity index (χ1) is 4.97. The van der Waals surface area contributed by atoms with E-state index in [1.807, 2.05) is 18.2 Å². The summed E-state index contributed by atoms with van der Waals surface area (Å²) in [4.78, 5) is 3.84. The molecule has 49 valence electrons. The molecule has 1 aliphatic rings. The number of aromatic nitrogens is 1. The summed E-state index contributed by atoms with van der Waals surface area (Å²) in [7, 11) is 0. The highest BCUT2D eigenvalue weighted by molar-refractivity contribution is 5.57. The molecule has 0 saturated carbocycles. The lowest BCUT2D eigenvalue weighted by molar-refractivity contribution is 0.358. The molecule has 0 N–H and O–H groups in total. The van der Waals surface area contributed by atoms with E-state index in [1.165, 1.54) is 0 Å². The Bertz CT molecular complexity index is 268. The third-order valence-electron chi connectivity index (χ3n) is 1.37. The van der Waals surface area contributed by atoms with Gasteiger partial charge in [-0.2, -0.15) is 0 Å². The fourth-order valence-corrected chi connectivity index (χ4v) is 0.906. The summed E-state index contributed by atoms with van der Waals surface area (Å²) < 4.78 is 5.27. The van der Waals surface area contributed by atoms with Crippen LogP contribution < -0.4 is 4.74 Å². The van der Waals surface area contributed by atoms with Crippen LogP contribution in [0.2, 0.25) is 0 Å². The Morgan fingerprint density at radius 2 is 2.60 bits per heavy atom. The lowest BCUT2D eigenvalue weighted by Crippen LogP contribution is -1.99. The minimum absolute atomic E-state index is 0.658. The Morgan fingerprint density at radius 3 is 3.50 bits per heavy atom. The van der Waals surface area contributed by atoms with Crippen LogP contribution in [0, 0.1) is 6.20 Å². The molecule has 2 heteroatoms. The van der Waals surface area contributed by atoms with Gasteiger partial charge >= 0.3 is 0 Å². The van der Waals surface area contributed by atoms with Crippen LogP contribution in [0.5, 0.6) is 5.75 Å². The van der Waals surface area contributed by atoms with Crippen molar-refractivity contribution in [1.29, 1.82) is 0 Å². The number of hydrogen-bond acceptors (Lipinski definition) is 2. The average Bonchev–Trinajstić information content (AvgIpc) is 2.05. The molecule has 2 nitrogen and oxygen atoms in total. The predicted molar refractivity (Wildman–Crippen MR) is 37.6 cm³/mol. The van der Waals surface area contributed by atoms with Gasteiger partial charge < -0.3 is 4.74 Å². The Labute approximate surface area is 59.2 Å². The number of pyridine rings is 1. The standard InChI is InChI=1S/C8H6NO/c1-2-7-6-9-4-3-8(7)10-5-1/h1-4H,5H2. The van der Waals surface area contributed by atoms with Crippen LogP contribution in [0.3, 0.4) is 0 Å². The van der Waals surface area contributed by atoms with Gasteiger partial charge in [0.15, 0.2) is 0 Å². The fourth-order valence-electron chi connectivity index (χ4n) is 0.906. The molecule has 1 aliphatic heterocycles. The van der Waals surface area contributed by atoms with Crippen molar-refractivity contribution in [2.75, 3.05) is 6.61 Å². The van der Waals surface area contributed by atoms with Crippen molar-refractivity contribution in [3.8, 4) is 5.75 Å². The lowest BCUT2D eigenvalue weighted by Gasteiger charge is -2.09. The van der Waals surface area contributed by atoms with Crippen LogP contribution in [0.25, 0.3) is 6.08 Å². The Morgan fingerprint density at radius 1 is 1.60 bits per heavy atom. The molecular weight excluding hydrogens is 126 g/mol. The van der Waals surface area contributed by atoms with Gasteiger partial charge in [-0.05, 0) is 18.2 Å². The normalized spacial score (nSPS) is 14.0. The van der Waals surface area contributed by atoms with E-state index in [0.29, 0.717) is 6.61 Å². The van der Waals surface area contributed by atoms with Gasteiger partial charge in [-0.3, -0.25) is 4.98 Å². The number of ether oxygens (including phenoxy) is 1. The Kier molecular flexibility index (Phi) is 1.17. The van der Waals surface area contributed by atoms with E-state index in [9.17, 15) is 0 Å². The SMILES string of the molecule is [c]1nccc2c1C=CCO2. The molecule has 0 amide bonds. The van der Waals surface area contributed by atoms with Gasteiger partial charge in [0.25, 0.3) is 0 Å². The molecule has 0 atom stereocenters. The molecule has 1 radical (unpaired) electrons. The summed E-state index contributed by atoms with van der Waals surface area (Å²) in [5.41, 5.74) is 0.939. The Balaban J connectivity index is 2.54. The van der Waals surface area contributed by atoms with Gasteiger partial charge in [0.05, 0.1) is 0 Å². The van der Waals surface area contributed by atoms with E-state index >= 15 is 0 Å². The van der Waals surface area contributed by atoms with Gasteiger partial charge in [-0.1, -0.05) is 0 Å². The van der Waals surface area contributed by atoms with Crippen molar-refractivity contribution in [2.45, 2.75) is 0 Å². The molecule has 10 heavy (non-hydrogen) atoms. The van der Waals surface area contributed by atoms with Crippen molar-refractivity contribution in [3.63, 3.8) is 0 Å². The molecule has 0 fully saturated rings. The van der Waals surface area contributed by atoms with Crippen molar-refractivity contribution in [3.05, 3.63) is 30.1 Å². The highest BCUT2D eigenvalue weighted by Gasteiger charge is 2.02. The van der Waals surface area contributed by atoms with Crippen molar-refractivity contribution >= 4 is 6.08 Å². The average molecular weight is 132 g/mol. The molecular formula is C8H6NO. The van der Waals surface area contributed by atoms with E-state index < -0.39 is 0 Å². The van der Waals surface area contributed by atoms with Crippen molar-refractivity contribution in [2.24, 2.45) is 0 Å². The zero-order valence-electron chi connectivity index (χ0n) is 5.37. The fraction of sp³-hybridized carbons (Fsp3) is 0.125. The van der Waals surface area contributed by atoms with Gasteiger partial charge in [-0.15, -0.1) is 0 Å². The maximum absolute atomic E-state index is 5.27. The number of nitrogens with zero attached hydrogens (tertiary/aromatic N) is 1. The number of hydrogen-bond donors (Lipinski definition) is 0. The summed E-state index contributed by atoms with van der Waals surface area (Å²) in [5, 5.41) is 0. The van der Waals surface area contributed by atoms with Crippen LogP contribution in [0.1, 0.15) is 5.56 Å². The van der Waals surface area contributed by atoms with Crippen LogP contribution >= 0.6 is 0 Å².